The second kappa shape index (κ2) is 9.64. The molecule has 2 aromatic carbocycles. The quantitative estimate of drug-likeness (QED) is 0.323. The summed E-state index contributed by atoms with van der Waals surface area (Å²) in [6.07, 6.45) is -1.41. The molecule has 7 nitrogen and oxygen atoms in total. The van der Waals surface area contributed by atoms with Crippen molar-refractivity contribution in [2.75, 3.05) is 11.4 Å². The molecule has 0 spiro atoms. The molecule has 5 rings (SSSR count). The van der Waals surface area contributed by atoms with Crippen LogP contribution in [-0.4, -0.2) is 38.6 Å². The van der Waals surface area contributed by atoms with E-state index in [1.165, 1.54) is 29.1 Å². The van der Waals surface area contributed by atoms with E-state index in [4.69, 9.17) is 4.74 Å². The van der Waals surface area contributed by atoms with E-state index in [1.54, 1.807) is 36.5 Å². The van der Waals surface area contributed by atoms with Crippen LogP contribution in [0.4, 0.5) is 23.2 Å². The van der Waals surface area contributed by atoms with Crippen LogP contribution in [0, 0.1) is 12.7 Å². The van der Waals surface area contributed by atoms with Crippen LogP contribution >= 0.6 is 0 Å². The highest BCUT2D eigenvalue weighted by Gasteiger charge is 2.40. The molecule has 11 heteroatoms. The monoisotopic (exact) mass is 511 g/mol. The Balaban J connectivity index is 1.38. The van der Waals surface area contributed by atoms with Gasteiger partial charge in [-0.2, -0.15) is 13.2 Å². The van der Waals surface area contributed by atoms with Crippen molar-refractivity contribution in [2.24, 2.45) is 0 Å². The fourth-order valence-electron chi connectivity index (χ4n) is 4.24. The lowest BCUT2D eigenvalue weighted by Crippen LogP contribution is -2.42. The van der Waals surface area contributed by atoms with E-state index in [1.807, 2.05) is 13.0 Å². The van der Waals surface area contributed by atoms with Gasteiger partial charge in [0.05, 0.1) is 18.1 Å². The molecule has 0 fully saturated rings. The number of hydrogen-bond donors (Lipinski definition) is 0. The van der Waals surface area contributed by atoms with Gasteiger partial charge in [0.2, 0.25) is 0 Å². The molecule has 1 atom stereocenters. The molecule has 190 valence electrons. The van der Waals surface area contributed by atoms with Gasteiger partial charge in [-0.15, -0.1) is 5.10 Å². The second-order valence-corrected chi connectivity index (χ2v) is 8.68. The van der Waals surface area contributed by atoms with Gasteiger partial charge in [0.15, 0.2) is 0 Å². The number of ether oxygens (including phenoxy) is 1. The predicted molar refractivity (Wildman–Crippen MR) is 127 cm³/mol. The third-order valence-corrected chi connectivity index (χ3v) is 6.04. The molecule has 2 aromatic heterocycles. The first-order valence-corrected chi connectivity index (χ1v) is 11.5. The third kappa shape index (κ3) is 5.30. The highest BCUT2D eigenvalue weighted by atomic mass is 19.4. The summed E-state index contributed by atoms with van der Waals surface area (Å²) in [5.41, 5.74) is 1.95. The average molecular weight is 511 g/mol. The molecule has 3 heterocycles. The van der Waals surface area contributed by atoms with Crippen LogP contribution in [0.5, 0.6) is 11.5 Å². The standard InChI is InChI=1S/C26H21F4N5O2/c1-16-5-8-19(13-31-16)37-18-9-6-17(7-10-18)22-14-35(33-32-22)24-12-11-20-21(27)3-2-4-23(20)34(25(24)36)15-26(28,29)30/h2-10,13-14,24H,11-12,15H2,1H3. The molecular weight excluding hydrogens is 490 g/mol. The van der Waals surface area contributed by atoms with Gasteiger partial charge in [-0.3, -0.25) is 9.78 Å². The van der Waals surface area contributed by atoms with Gasteiger partial charge in [-0.05, 0) is 68.3 Å². The maximum atomic E-state index is 14.5. The van der Waals surface area contributed by atoms with Crippen LogP contribution in [0.1, 0.15) is 23.7 Å². The number of carbonyl (C=O) groups is 1. The van der Waals surface area contributed by atoms with E-state index in [2.05, 4.69) is 15.3 Å². The number of carbonyl (C=O) groups excluding carboxylic acids is 1. The fraction of sp³-hybridized carbons (Fsp3) is 0.231. The third-order valence-electron chi connectivity index (χ3n) is 6.04. The molecule has 1 unspecified atom stereocenters. The maximum Gasteiger partial charge on any atom is 0.406 e. The molecule has 1 aliphatic heterocycles. The number of aromatic nitrogens is 4. The molecule has 1 amide bonds. The number of pyridine rings is 1. The highest BCUT2D eigenvalue weighted by Crippen LogP contribution is 2.35. The van der Waals surface area contributed by atoms with E-state index < -0.39 is 30.5 Å². The zero-order valence-electron chi connectivity index (χ0n) is 19.6. The molecule has 0 saturated carbocycles. The highest BCUT2D eigenvalue weighted by molar-refractivity contribution is 5.97. The summed E-state index contributed by atoms with van der Waals surface area (Å²) in [4.78, 5) is 18.0. The second-order valence-electron chi connectivity index (χ2n) is 8.68. The van der Waals surface area contributed by atoms with Gasteiger partial charge in [0.25, 0.3) is 5.91 Å². The number of hydrogen-bond acceptors (Lipinski definition) is 5. The van der Waals surface area contributed by atoms with Gasteiger partial charge in [0.1, 0.15) is 35.6 Å². The van der Waals surface area contributed by atoms with Crippen LogP contribution < -0.4 is 9.64 Å². The molecule has 37 heavy (non-hydrogen) atoms. The molecule has 0 radical (unpaired) electrons. The molecule has 1 aliphatic rings. The Kier molecular flexibility index (Phi) is 6.36. The maximum absolute atomic E-state index is 14.5. The van der Waals surface area contributed by atoms with E-state index in [0.29, 0.717) is 27.7 Å². The number of rotatable bonds is 5. The fourth-order valence-corrected chi connectivity index (χ4v) is 4.24. The summed E-state index contributed by atoms with van der Waals surface area (Å²) in [5, 5.41) is 8.14. The number of amides is 1. The first kappa shape index (κ1) is 24.4. The minimum absolute atomic E-state index is 0.0707. The number of aryl methyl sites for hydroxylation is 1. The summed E-state index contributed by atoms with van der Waals surface area (Å²) in [6.45, 7) is 0.345. The largest absolute Gasteiger partial charge is 0.456 e. The minimum atomic E-state index is -4.67. The number of halogens is 4. The summed E-state index contributed by atoms with van der Waals surface area (Å²) < 4.78 is 61.5. The first-order chi connectivity index (χ1) is 17.7. The summed E-state index contributed by atoms with van der Waals surface area (Å²) in [7, 11) is 0. The Bertz CT molecular complexity index is 1420. The van der Waals surface area contributed by atoms with Crippen LogP contribution in [-0.2, 0) is 11.2 Å². The van der Waals surface area contributed by atoms with E-state index in [9.17, 15) is 22.4 Å². The Morgan fingerprint density at radius 3 is 2.51 bits per heavy atom. The van der Waals surface area contributed by atoms with Crippen LogP contribution in [0.25, 0.3) is 11.3 Å². The topological polar surface area (TPSA) is 73.1 Å². The summed E-state index contributed by atoms with van der Waals surface area (Å²) in [6, 6.07) is 13.3. The van der Waals surface area contributed by atoms with Crippen molar-refractivity contribution >= 4 is 11.6 Å². The molecule has 0 bridgehead atoms. The van der Waals surface area contributed by atoms with Gasteiger partial charge in [-0.25, -0.2) is 9.07 Å². The zero-order valence-corrected chi connectivity index (χ0v) is 19.6. The van der Waals surface area contributed by atoms with Crippen molar-refractivity contribution in [3.05, 3.63) is 84.1 Å². The van der Waals surface area contributed by atoms with E-state index >= 15 is 0 Å². The van der Waals surface area contributed by atoms with E-state index in [0.717, 1.165) is 5.69 Å². The van der Waals surface area contributed by atoms with Crippen molar-refractivity contribution in [3.63, 3.8) is 0 Å². The van der Waals surface area contributed by atoms with Crippen molar-refractivity contribution in [3.8, 4) is 22.8 Å². The number of benzene rings is 2. The number of fused-ring (bicyclic) bond motifs is 1. The van der Waals surface area contributed by atoms with E-state index in [-0.39, 0.29) is 24.1 Å². The lowest BCUT2D eigenvalue weighted by Gasteiger charge is -2.26. The molecule has 0 N–H and O–H groups in total. The number of nitrogens with zero attached hydrogens (tertiary/aromatic N) is 5. The SMILES string of the molecule is Cc1ccc(Oc2ccc(-c3cn(C4CCc5c(F)cccc5N(CC(F)(F)F)C4=O)nn3)cc2)cn1. The minimum Gasteiger partial charge on any atom is -0.456 e. The molecule has 0 saturated heterocycles. The normalized spacial score (nSPS) is 15.9. The Morgan fingerprint density at radius 1 is 1.05 bits per heavy atom. The van der Waals surface area contributed by atoms with Crippen molar-refractivity contribution in [1.82, 2.24) is 20.0 Å². The van der Waals surface area contributed by atoms with Gasteiger partial charge >= 0.3 is 6.18 Å². The van der Waals surface area contributed by atoms with Gasteiger partial charge in [0, 0.05) is 16.8 Å². The van der Waals surface area contributed by atoms with Crippen LogP contribution in [0.15, 0.2) is 67.0 Å². The molecule has 4 aromatic rings. The van der Waals surface area contributed by atoms with Gasteiger partial charge in [-0.1, -0.05) is 11.3 Å². The number of anilines is 1. The Hall–Kier alpha value is -4.28. The molecule has 0 aliphatic carbocycles. The first-order valence-electron chi connectivity index (χ1n) is 11.5. The summed E-state index contributed by atoms with van der Waals surface area (Å²) in [5.74, 6) is -0.324. The zero-order chi connectivity index (χ0) is 26.2. The number of alkyl halides is 3. The van der Waals surface area contributed by atoms with Crippen molar-refractivity contribution in [2.45, 2.75) is 32.0 Å². The predicted octanol–water partition coefficient (Wildman–Crippen LogP) is 5.66. The lowest BCUT2D eigenvalue weighted by atomic mass is 10.1. The lowest BCUT2D eigenvalue weighted by molar-refractivity contribution is -0.134. The van der Waals surface area contributed by atoms with Crippen LogP contribution in [0.3, 0.4) is 0 Å². The van der Waals surface area contributed by atoms with Crippen LogP contribution in [0.2, 0.25) is 0 Å². The summed E-state index contributed by atoms with van der Waals surface area (Å²) >= 11 is 0. The Labute approximate surface area is 209 Å². The van der Waals surface area contributed by atoms with Crippen molar-refractivity contribution < 1.29 is 27.1 Å². The van der Waals surface area contributed by atoms with Gasteiger partial charge < -0.3 is 9.64 Å². The molecular formula is C26H21F4N5O2. The average Bonchev–Trinajstić information content (AvgIpc) is 3.30. The van der Waals surface area contributed by atoms with Crippen molar-refractivity contribution in [1.29, 1.82) is 0 Å². The smallest absolute Gasteiger partial charge is 0.406 e. The Morgan fingerprint density at radius 2 is 1.81 bits per heavy atom.